The molecule has 3 N–H and O–H groups in total. The molecule has 0 bridgehead atoms. The van der Waals surface area contributed by atoms with Gasteiger partial charge >= 0.3 is 0 Å². The number of carbonyl (C=O) groups excluding carboxylic acids is 1. The molecule has 22 heavy (non-hydrogen) atoms. The predicted octanol–water partition coefficient (Wildman–Crippen LogP) is 2.07. The molecule has 7 heteroatoms. The summed E-state index contributed by atoms with van der Waals surface area (Å²) >= 11 is 1.69. The van der Waals surface area contributed by atoms with E-state index in [2.05, 4.69) is 10.2 Å². The second kappa shape index (κ2) is 11.6. The molecule has 126 valence electrons. The van der Waals surface area contributed by atoms with Crippen LogP contribution in [0.1, 0.15) is 6.42 Å². The average molecular weight is 348 g/mol. The largest absolute Gasteiger partial charge is 0.492 e. The summed E-state index contributed by atoms with van der Waals surface area (Å²) in [4.78, 5) is 13.9. The summed E-state index contributed by atoms with van der Waals surface area (Å²) in [6.45, 7) is 1.50. The number of hydrogen-bond donors (Lipinski definition) is 2. The van der Waals surface area contributed by atoms with Gasteiger partial charge in [0, 0.05) is 12.2 Å². The minimum absolute atomic E-state index is 0. The number of hydrogen-bond acceptors (Lipinski definition) is 5. The van der Waals surface area contributed by atoms with E-state index in [0.29, 0.717) is 13.0 Å². The summed E-state index contributed by atoms with van der Waals surface area (Å²) in [5.41, 5.74) is 6.56. The van der Waals surface area contributed by atoms with Crippen LogP contribution >= 0.6 is 24.2 Å². The third-order valence-corrected chi connectivity index (χ3v) is 3.54. The van der Waals surface area contributed by atoms with Crippen LogP contribution in [0.25, 0.3) is 0 Å². The Bertz CT molecular complexity index is 429. The van der Waals surface area contributed by atoms with Crippen LogP contribution in [0.15, 0.2) is 24.3 Å². The zero-order chi connectivity index (χ0) is 15.7. The Morgan fingerprint density at radius 1 is 1.36 bits per heavy atom. The number of rotatable bonds is 9. The Balaban J connectivity index is 0.00000441. The van der Waals surface area contributed by atoms with Gasteiger partial charge in [0.25, 0.3) is 0 Å². The summed E-state index contributed by atoms with van der Waals surface area (Å²) in [5, 5.41) is 2.82. The van der Waals surface area contributed by atoms with Crippen LogP contribution in [0.2, 0.25) is 0 Å². The monoisotopic (exact) mass is 347 g/mol. The Morgan fingerprint density at radius 2 is 2.00 bits per heavy atom. The molecule has 0 aromatic heterocycles. The zero-order valence-corrected chi connectivity index (χ0v) is 15.0. The van der Waals surface area contributed by atoms with E-state index in [-0.39, 0.29) is 18.3 Å². The normalized spacial score (nSPS) is 11.7. The zero-order valence-electron chi connectivity index (χ0n) is 13.4. The van der Waals surface area contributed by atoms with Crippen LogP contribution in [0.3, 0.4) is 0 Å². The molecule has 1 aromatic carbocycles. The Morgan fingerprint density at radius 3 is 2.55 bits per heavy atom. The molecular formula is C15H26ClN3O2S. The van der Waals surface area contributed by atoms with Crippen LogP contribution in [0.5, 0.6) is 5.75 Å². The fourth-order valence-corrected chi connectivity index (χ4v) is 2.08. The van der Waals surface area contributed by atoms with Crippen molar-refractivity contribution in [3.05, 3.63) is 24.3 Å². The highest BCUT2D eigenvalue weighted by atomic mass is 35.5. The van der Waals surface area contributed by atoms with Gasteiger partial charge in [-0.3, -0.25) is 4.79 Å². The Kier molecular flexibility index (Phi) is 11.1. The Labute approximate surface area is 143 Å². The number of anilines is 1. The molecule has 0 aliphatic rings. The molecule has 5 nitrogen and oxygen atoms in total. The lowest BCUT2D eigenvalue weighted by atomic mass is 10.2. The number of thioether (sulfide) groups is 1. The van der Waals surface area contributed by atoms with E-state index in [1.54, 1.807) is 11.8 Å². The summed E-state index contributed by atoms with van der Waals surface area (Å²) in [6.07, 6.45) is 2.68. The van der Waals surface area contributed by atoms with Crippen molar-refractivity contribution < 1.29 is 9.53 Å². The SMILES string of the molecule is CSCC[C@H](N)C(=O)Nc1ccc(OCCN(C)C)cc1.Cl. The molecule has 0 fully saturated rings. The van der Waals surface area contributed by atoms with E-state index in [1.165, 1.54) is 0 Å². The molecule has 0 saturated carbocycles. The van der Waals surface area contributed by atoms with Gasteiger partial charge in [-0.1, -0.05) is 0 Å². The number of nitrogens with one attached hydrogen (secondary N) is 1. The highest BCUT2D eigenvalue weighted by Crippen LogP contribution is 2.16. The maximum Gasteiger partial charge on any atom is 0.241 e. The van der Waals surface area contributed by atoms with Gasteiger partial charge in [-0.15, -0.1) is 12.4 Å². The van der Waals surface area contributed by atoms with Gasteiger partial charge in [0.15, 0.2) is 0 Å². The highest BCUT2D eigenvalue weighted by molar-refractivity contribution is 7.98. The second-order valence-corrected chi connectivity index (χ2v) is 6.04. The van der Waals surface area contributed by atoms with Gasteiger partial charge < -0.3 is 20.7 Å². The van der Waals surface area contributed by atoms with Crippen molar-refractivity contribution in [3.8, 4) is 5.75 Å². The van der Waals surface area contributed by atoms with Crippen molar-refractivity contribution in [1.82, 2.24) is 4.90 Å². The van der Waals surface area contributed by atoms with Crippen LogP contribution in [-0.2, 0) is 4.79 Å². The van der Waals surface area contributed by atoms with E-state index in [4.69, 9.17) is 10.5 Å². The maximum absolute atomic E-state index is 11.9. The smallest absolute Gasteiger partial charge is 0.241 e. The first-order valence-electron chi connectivity index (χ1n) is 6.96. The summed E-state index contributed by atoms with van der Waals surface area (Å²) in [7, 11) is 4.00. The topological polar surface area (TPSA) is 67.6 Å². The van der Waals surface area contributed by atoms with Gasteiger partial charge in [-0.05, 0) is 56.8 Å². The van der Waals surface area contributed by atoms with Crippen molar-refractivity contribution >= 4 is 35.8 Å². The molecule has 1 amide bonds. The minimum atomic E-state index is -0.464. The number of amides is 1. The number of benzene rings is 1. The number of likely N-dealkylation sites (N-methyl/N-ethyl adjacent to an activating group) is 1. The molecular weight excluding hydrogens is 322 g/mol. The van der Waals surface area contributed by atoms with Crippen molar-refractivity contribution in [1.29, 1.82) is 0 Å². The van der Waals surface area contributed by atoms with E-state index >= 15 is 0 Å². The van der Waals surface area contributed by atoms with Crippen LogP contribution in [-0.4, -0.2) is 56.1 Å². The van der Waals surface area contributed by atoms with Gasteiger partial charge in [-0.25, -0.2) is 0 Å². The first kappa shape index (κ1) is 21.0. The number of nitrogens with zero attached hydrogens (tertiary/aromatic N) is 1. The molecule has 0 aliphatic carbocycles. The molecule has 0 unspecified atom stereocenters. The molecule has 1 atom stereocenters. The van der Waals surface area contributed by atoms with Crippen LogP contribution in [0, 0.1) is 0 Å². The molecule has 0 heterocycles. The highest BCUT2D eigenvalue weighted by Gasteiger charge is 2.12. The van der Waals surface area contributed by atoms with Gasteiger partial charge in [0.05, 0.1) is 6.04 Å². The van der Waals surface area contributed by atoms with Gasteiger partial charge in [0.2, 0.25) is 5.91 Å². The third kappa shape index (κ3) is 8.48. The fraction of sp³-hybridized carbons (Fsp3) is 0.533. The maximum atomic E-state index is 11.9. The van der Waals surface area contributed by atoms with E-state index in [9.17, 15) is 4.79 Å². The molecule has 0 aliphatic heterocycles. The van der Waals surface area contributed by atoms with E-state index in [0.717, 1.165) is 23.7 Å². The van der Waals surface area contributed by atoms with E-state index in [1.807, 2.05) is 44.6 Å². The first-order chi connectivity index (χ1) is 10.0. The summed E-state index contributed by atoms with van der Waals surface area (Å²) < 4.78 is 5.60. The van der Waals surface area contributed by atoms with Crippen LogP contribution < -0.4 is 15.8 Å². The lowest BCUT2D eigenvalue weighted by Crippen LogP contribution is -2.36. The lowest BCUT2D eigenvalue weighted by Gasteiger charge is -2.13. The standard InChI is InChI=1S/C15H25N3O2S.ClH/c1-18(2)9-10-20-13-6-4-12(5-7-13)17-15(19)14(16)8-11-21-3;/h4-7,14H,8-11,16H2,1-3H3,(H,17,19);1H/t14-;/m0./s1. The number of ether oxygens (including phenoxy) is 1. The number of nitrogens with two attached hydrogens (primary N) is 1. The summed E-state index contributed by atoms with van der Waals surface area (Å²) in [6, 6.07) is 6.87. The van der Waals surface area contributed by atoms with Crippen molar-refractivity contribution in [2.45, 2.75) is 12.5 Å². The second-order valence-electron chi connectivity index (χ2n) is 5.05. The van der Waals surface area contributed by atoms with E-state index < -0.39 is 6.04 Å². The van der Waals surface area contributed by atoms with Crippen LogP contribution in [0.4, 0.5) is 5.69 Å². The van der Waals surface area contributed by atoms with Crippen molar-refractivity contribution in [3.63, 3.8) is 0 Å². The average Bonchev–Trinajstić information content (AvgIpc) is 2.46. The number of carbonyl (C=O) groups is 1. The number of halogens is 1. The minimum Gasteiger partial charge on any atom is -0.492 e. The molecule has 0 radical (unpaired) electrons. The molecule has 1 aromatic rings. The lowest BCUT2D eigenvalue weighted by molar-refractivity contribution is -0.117. The fourth-order valence-electron chi connectivity index (χ4n) is 1.59. The first-order valence-corrected chi connectivity index (χ1v) is 8.35. The predicted molar refractivity (Wildman–Crippen MR) is 97.3 cm³/mol. The molecule has 0 spiro atoms. The van der Waals surface area contributed by atoms with Crippen molar-refractivity contribution in [2.24, 2.45) is 5.73 Å². The Hall–Kier alpha value is -0.950. The van der Waals surface area contributed by atoms with Gasteiger partial charge in [0.1, 0.15) is 12.4 Å². The summed E-state index contributed by atoms with van der Waals surface area (Å²) in [5.74, 6) is 1.53. The quantitative estimate of drug-likeness (QED) is 0.715. The van der Waals surface area contributed by atoms with Gasteiger partial charge in [-0.2, -0.15) is 11.8 Å². The van der Waals surface area contributed by atoms with Crippen molar-refractivity contribution in [2.75, 3.05) is 44.6 Å². The third-order valence-electron chi connectivity index (χ3n) is 2.90. The molecule has 1 rings (SSSR count). The molecule has 0 saturated heterocycles.